The van der Waals surface area contributed by atoms with Gasteiger partial charge in [-0.3, -0.25) is 4.79 Å². The van der Waals surface area contributed by atoms with E-state index in [1.807, 2.05) is 26.0 Å². The Labute approximate surface area is 232 Å². The van der Waals surface area contributed by atoms with Crippen LogP contribution in [-0.2, 0) is 11.2 Å². The Balaban J connectivity index is 1.22. The Hall–Kier alpha value is -3.57. The van der Waals surface area contributed by atoms with Gasteiger partial charge in [-0.15, -0.1) is 0 Å². The molecule has 1 aliphatic rings. The fourth-order valence-corrected chi connectivity index (χ4v) is 5.79. The van der Waals surface area contributed by atoms with Gasteiger partial charge >= 0.3 is 0 Å². The summed E-state index contributed by atoms with van der Waals surface area (Å²) in [4.78, 5) is 18.4. The highest BCUT2D eigenvalue weighted by Crippen LogP contribution is 2.34. The lowest BCUT2D eigenvalue weighted by Crippen LogP contribution is -2.33. The minimum atomic E-state index is -0.0175. The maximum absolute atomic E-state index is 12.1. The Bertz CT molecular complexity index is 1430. The van der Waals surface area contributed by atoms with Crippen LogP contribution in [0.5, 0.6) is 5.75 Å². The summed E-state index contributed by atoms with van der Waals surface area (Å²) in [6.07, 6.45) is 4.44. The number of aromatic nitrogens is 1. The minimum absolute atomic E-state index is 0.0175. The first-order valence-corrected chi connectivity index (χ1v) is 14.3. The van der Waals surface area contributed by atoms with Crippen LogP contribution in [-0.4, -0.2) is 42.5 Å². The predicted octanol–water partition coefficient (Wildman–Crippen LogP) is 7.56. The van der Waals surface area contributed by atoms with Crippen molar-refractivity contribution in [2.24, 2.45) is 5.92 Å². The Kier molecular flexibility index (Phi) is 8.37. The molecular formula is C34H41N3O2. The van der Waals surface area contributed by atoms with Crippen molar-refractivity contribution in [1.82, 2.24) is 9.88 Å². The number of ether oxygens (including phenoxy) is 1. The fraction of sp³-hybridized carbons (Fsp3) is 0.382. The van der Waals surface area contributed by atoms with Crippen molar-refractivity contribution in [3.63, 3.8) is 0 Å². The second-order valence-corrected chi connectivity index (χ2v) is 11.2. The molecule has 5 rings (SSSR count). The van der Waals surface area contributed by atoms with Crippen LogP contribution in [0.2, 0.25) is 0 Å². The molecule has 0 spiro atoms. The minimum Gasteiger partial charge on any atom is -0.497 e. The average Bonchev–Trinajstić information content (AvgIpc) is 3.31. The second kappa shape index (κ2) is 12.1. The van der Waals surface area contributed by atoms with E-state index < -0.39 is 0 Å². The number of aryl methyl sites for hydroxylation is 2. The summed E-state index contributed by atoms with van der Waals surface area (Å²) < 4.78 is 5.55. The number of fused-ring (bicyclic) bond motifs is 1. The lowest BCUT2D eigenvalue weighted by atomic mass is 9.89. The third-order valence-corrected chi connectivity index (χ3v) is 8.06. The van der Waals surface area contributed by atoms with Crippen LogP contribution in [0.4, 0.5) is 5.69 Å². The standard InChI is InChI=1S/C34H41N3O2/c1-23(2)34(38)35-28-11-6-9-26(21-28)25-15-18-37(19-16-25)17-7-12-30-31-22-29(39-4)13-14-32(31)36-33(30)27-10-5-8-24(3)20-27/h5-6,8-11,13-14,20-23,25,36H,7,12,15-19H2,1-4H3,(H,35,38). The van der Waals surface area contributed by atoms with Crippen molar-refractivity contribution in [2.45, 2.75) is 52.4 Å². The highest BCUT2D eigenvalue weighted by Gasteiger charge is 2.21. The summed E-state index contributed by atoms with van der Waals surface area (Å²) in [5, 5.41) is 4.31. The van der Waals surface area contributed by atoms with Crippen molar-refractivity contribution in [2.75, 3.05) is 32.1 Å². The van der Waals surface area contributed by atoms with Crippen LogP contribution in [0, 0.1) is 12.8 Å². The molecule has 2 heterocycles. The van der Waals surface area contributed by atoms with Gasteiger partial charge < -0.3 is 19.9 Å². The Morgan fingerprint density at radius 3 is 2.59 bits per heavy atom. The van der Waals surface area contributed by atoms with E-state index in [1.54, 1.807) is 7.11 Å². The van der Waals surface area contributed by atoms with Crippen molar-refractivity contribution in [3.05, 3.63) is 83.4 Å². The summed E-state index contributed by atoms with van der Waals surface area (Å²) in [6, 6.07) is 23.5. The van der Waals surface area contributed by atoms with Gasteiger partial charge in [0.2, 0.25) is 5.91 Å². The number of hydrogen-bond acceptors (Lipinski definition) is 3. The number of methoxy groups -OCH3 is 1. The smallest absolute Gasteiger partial charge is 0.226 e. The van der Waals surface area contributed by atoms with Crippen molar-refractivity contribution < 1.29 is 9.53 Å². The third kappa shape index (κ3) is 6.36. The molecule has 5 nitrogen and oxygen atoms in total. The molecule has 204 valence electrons. The Morgan fingerprint density at radius 2 is 1.85 bits per heavy atom. The first kappa shape index (κ1) is 27.0. The van der Waals surface area contributed by atoms with Gasteiger partial charge in [0.25, 0.3) is 0 Å². The molecule has 0 bridgehead atoms. The van der Waals surface area contributed by atoms with Gasteiger partial charge in [0.05, 0.1) is 7.11 Å². The third-order valence-electron chi connectivity index (χ3n) is 8.06. The molecule has 2 N–H and O–H groups in total. The van der Waals surface area contributed by atoms with Crippen molar-refractivity contribution in [3.8, 4) is 17.0 Å². The molecule has 5 heteroatoms. The molecule has 1 amide bonds. The number of nitrogens with zero attached hydrogens (tertiary/aromatic N) is 1. The van der Waals surface area contributed by atoms with Gasteiger partial charge in [-0.25, -0.2) is 0 Å². The first-order chi connectivity index (χ1) is 18.9. The van der Waals surface area contributed by atoms with E-state index in [-0.39, 0.29) is 11.8 Å². The number of nitrogens with one attached hydrogen (secondary N) is 2. The molecule has 0 atom stereocenters. The fourth-order valence-electron chi connectivity index (χ4n) is 5.79. The number of benzene rings is 3. The maximum Gasteiger partial charge on any atom is 0.226 e. The van der Waals surface area contributed by atoms with Crippen LogP contribution in [0.3, 0.4) is 0 Å². The van der Waals surface area contributed by atoms with Gasteiger partial charge in [-0.1, -0.05) is 49.7 Å². The van der Waals surface area contributed by atoms with Crippen molar-refractivity contribution >= 4 is 22.5 Å². The molecular weight excluding hydrogens is 482 g/mol. The molecule has 3 aromatic carbocycles. The lowest BCUT2D eigenvalue weighted by molar-refractivity contribution is -0.118. The highest BCUT2D eigenvalue weighted by atomic mass is 16.5. The molecule has 0 unspecified atom stereocenters. The van der Waals surface area contributed by atoms with E-state index in [0.29, 0.717) is 5.92 Å². The number of carbonyl (C=O) groups is 1. The lowest BCUT2D eigenvalue weighted by Gasteiger charge is -2.32. The van der Waals surface area contributed by atoms with E-state index in [0.717, 1.165) is 62.3 Å². The molecule has 1 saturated heterocycles. The van der Waals surface area contributed by atoms with Gasteiger partial charge in [-0.05, 0) is 111 Å². The summed E-state index contributed by atoms with van der Waals surface area (Å²) in [7, 11) is 1.73. The summed E-state index contributed by atoms with van der Waals surface area (Å²) in [5.74, 6) is 1.50. The topological polar surface area (TPSA) is 57.4 Å². The normalized spacial score (nSPS) is 14.7. The zero-order chi connectivity index (χ0) is 27.4. The van der Waals surface area contributed by atoms with E-state index in [2.05, 4.69) is 76.7 Å². The number of H-pyrrole nitrogens is 1. The summed E-state index contributed by atoms with van der Waals surface area (Å²) in [6.45, 7) is 9.32. The second-order valence-electron chi connectivity index (χ2n) is 11.2. The molecule has 0 saturated carbocycles. The van der Waals surface area contributed by atoms with Crippen LogP contribution < -0.4 is 10.1 Å². The highest BCUT2D eigenvalue weighted by molar-refractivity contribution is 5.92. The Morgan fingerprint density at radius 1 is 1.05 bits per heavy atom. The molecule has 4 aromatic rings. The maximum atomic E-state index is 12.1. The molecule has 0 radical (unpaired) electrons. The summed E-state index contributed by atoms with van der Waals surface area (Å²) >= 11 is 0. The first-order valence-electron chi connectivity index (χ1n) is 14.3. The van der Waals surface area contributed by atoms with Gasteiger partial charge in [-0.2, -0.15) is 0 Å². The SMILES string of the molecule is COc1ccc2[nH]c(-c3cccc(C)c3)c(CCCN3CCC(c4cccc(NC(=O)C(C)C)c4)CC3)c2c1. The quantitative estimate of drug-likeness (QED) is 0.238. The van der Waals surface area contributed by atoms with Gasteiger partial charge in [0, 0.05) is 28.2 Å². The van der Waals surface area contributed by atoms with E-state index >= 15 is 0 Å². The number of aromatic amines is 1. The van der Waals surface area contributed by atoms with Crippen LogP contribution in [0.25, 0.3) is 22.2 Å². The average molecular weight is 524 g/mol. The predicted molar refractivity (Wildman–Crippen MR) is 162 cm³/mol. The van der Waals surface area contributed by atoms with Gasteiger partial charge in [0.15, 0.2) is 0 Å². The van der Waals surface area contributed by atoms with E-state index in [1.165, 1.54) is 33.3 Å². The largest absolute Gasteiger partial charge is 0.497 e. The zero-order valence-corrected chi connectivity index (χ0v) is 23.7. The van der Waals surface area contributed by atoms with Crippen LogP contribution in [0.1, 0.15) is 55.7 Å². The molecule has 1 fully saturated rings. The molecule has 1 aromatic heterocycles. The number of carbonyl (C=O) groups excluding carboxylic acids is 1. The van der Waals surface area contributed by atoms with E-state index in [9.17, 15) is 4.79 Å². The number of amides is 1. The van der Waals surface area contributed by atoms with Crippen LogP contribution in [0.15, 0.2) is 66.7 Å². The van der Waals surface area contributed by atoms with Crippen molar-refractivity contribution in [1.29, 1.82) is 0 Å². The monoisotopic (exact) mass is 523 g/mol. The summed E-state index contributed by atoms with van der Waals surface area (Å²) in [5.41, 5.74) is 8.53. The van der Waals surface area contributed by atoms with E-state index in [4.69, 9.17) is 4.74 Å². The van der Waals surface area contributed by atoms with Crippen LogP contribution >= 0.6 is 0 Å². The van der Waals surface area contributed by atoms with Gasteiger partial charge in [0.1, 0.15) is 5.75 Å². The number of anilines is 1. The number of piperidine rings is 1. The molecule has 0 aliphatic carbocycles. The number of likely N-dealkylation sites (tertiary alicyclic amines) is 1. The molecule has 39 heavy (non-hydrogen) atoms. The molecule has 1 aliphatic heterocycles. The number of hydrogen-bond donors (Lipinski definition) is 2. The number of rotatable bonds is 9. The zero-order valence-electron chi connectivity index (χ0n) is 23.7.